The molecule has 8 nitrogen and oxygen atoms in total. The number of benzene rings is 2. The molecular weight excluding hydrogens is 454 g/mol. The maximum absolute atomic E-state index is 13.5. The monoisotopic (exact) mass is 487 g/mol. The van der Waals surface area contributed by atoms with Gasteiger partial charge in [0.05, 0.1) is 10.9 Å². The second-order valence-corrected chi connectivity index (χ2v) is 9.83. The summed E-state index contributed by atoms with van der Waals surface area (Å²) in [5.41, 5.74) is 3.61. The van der Waals surface area contributed by atoms with Crippen LogP contribution in [0.2, 0.25) is 0 Å². The number of rotatable bonds is 7. The predicted molar refractivity (Wildman–Crippen MR) is 140 cm³/mol. The van der Waals surface area contributed by atoms with Crippen LogP contribution in [0, 0.1) is 6.92 Å². The van der Waals surface area contributed by atoms with Crippen molar-refractivity contribution in [1.29, 1.82) is 0 Å². The van der Waals surface area contributed by atoms with E-state index in [4.69, 9.17) is 0 Å². The lowest BCUT2D eigenvalue weighted by Gasteiger charge is -2.26. The summed E-state index contributed by atoms with van der Waals surface area (Å²) < 4.78 is 1.43. The average molecular weight is 488 g/mol. The van der Waals surface area contributed by atoms with Gasteiger partial charge in [-0.3, -0.25) is 29.2 Å². The number of anilines is 1. The Hall–Kier alpha value is -3.52. The molecule has 2 aromatic carbocycles. The van der Waals surface area contributed by atoms with Crippen LogP contribution in [0.4, 0.5) is 5.69 Å². The molecule has 5 rings (SSSR count). The molecule has 2 N–H and O–H groups in total. The number of carbonyl (C=O) groups is 2. The molecule has 0 spiro atoms. The molecule has 36 heavy (non-hydrogen) atoms. The standard InChI is InChI=1S/C28H33N5O3/c1-19-30-23-7-5-6-22(26(23)28(36)33(19)24-12-13-25(34)31-27(24)35)29-15-14-20-8-10-21(11-9-20)18-32-16-3-2-4-17-32/h5-11,24,29H,2-4,12-18H2,1H3,(H,31,34,35). The number of hydrogen-bond donors (Lipinski definition) is 2. The fourth-order valence-corrected chi connectivity index (χ4v) is 5.33. The highest BCUT2D eigenvalue weighted by Gasteiger charge is 2.30. The molecule has 3 heterocycles. The van der Waals surface area contributed by atoms with Gasteiger partial charge in [-0.2, -0.15) is 0 Å². The van der Waals surface area contributed by atoms with Crippen LogP contribution in [0.1, 0.15) is 55.1 Å². The van der Waals surface area contributed by atoms with E-state index in [1.54, 1.807) is 6.92 Å². The number of piperidine rings is 2. The molecule has 2 aliphatic rings. The highest BCUT2D eigenvalue weighted by molar-refractivity contribution is 5.99. The number of carbonyl (C=O) groups excluding carboxylic acids is 2. The molecule has 0 aliphatic carbocycles. The number of likely N-dealkylation sites (tertiary alicyclic amines) is 1. The van der Waals surface area contributed by atoms with Crippen LogP contribution in [-0.2, 0) is 22.6 Å². The van der Waals surface area contributed by atoms with Gasteiger partial charge in [-0.1, -0.05) is 36.8 Å². The van der Waals surface area contributed by atoms with Crippen LogP contribution in [0.3, 0.4) is 0 Å². The molecule has 0 saturated carbocycles. The lowest BCUT2D eigenvalue weighted by molar-refractivity contribution is -0.135. The normalized spacial score (nSPS) is 18.9. The number of nitrogens with zero attached hydrogens (tertiary/aromatic N) is 3. The van der Waals surface area contributed by atoms with E-state index in [1.807, 2.05) is 18.2 Å². The van der Waals surface area contributed by atoms with Gasteiger partial charge in [0, 0.05) is 25.2 Å². The molecular formula is C28H33N5O3. The second-order valence-electron chi connectivity index (χ2n) is 9.83. The zero-order valence-electron chi connectivity index (χ0n) is 20.8. The number of aryl methyl sites for hydroxylation is 1. The highest BCUT2D eigenvalue weighted by atomic mass is 16.2. The number of hydrogen-bond acceptors (Lipinski definition) is 6. The molecule has 0 bridgehead atoms. The number of aromatic nitrogens is 2. The Morgan fingerprint density at radius 2 is 1.75 bits per heavy atom. The number of imide groups is 1. The summed E-state index contributed by atoms with van der Waals surface area (Å²) in [6.45, 7) is 5.78. The summed E-state index contributed by atoms with van der Waals surface area (Å²) in [5, 5.41) is 6.21. The molecule has 1 atom stereocenters. The highest BCUT2D eigenvalue weighted by Crippen LogP contribution is 2.23. The Labute approximate surface area is 210 Å². The number of fused-ring (bicyclic) bond motifs is 1. The first-order chi connectivity index (χ1) is 17.5. The number of amides is 2. The van der Waals surface area contributed by atoms with Crippen molar-refractivity contribution in [2.24, 2.45) is 0 Å². The minimum Gasteiger partial charge on any atom is -0.384 e. The summed E-state index contributed by atoms with van der Waals surface area (Å²) >= 11 is 0. The van der Waals surface area contributed by atoms with E-state index in [9.17, 15) is 14.4 Å². The number of nitrogens with one attached hydrogen (secondary N) is 2. The van der Waals surface area contributed by atoms with E-state index in [-0.39, 0.29) is 17.9 Å². The minimum atomic E-state index is -0.733. The van der Waals surface area contributed by atoms with Crippen molar-refractivity contribution in [2.75, 3.05) is 25.0 Å². The molecule has 2 fully saturated rings. The summed E-state index contributed by atoms with van der Waals surface area (Å²) in [6.07, 6.45) is 5.26. The minimum absolute atomic E-state index is 0.205. The quantitative estimate of drug-likeness (QED) is 0.497. The van der Waals surface area contributed by atoms with Gasteiger partial charge in [-0.05, 0) is 69.0 Å². The van der Waals surface area contributed by atoms with Crippen molar-refractivity contribution in [3.63, 3.8) is 0 Å². The van der Waals surface area contributed by atoms with E-state index >= 15 is 0 Å². The Morgan fingerprint density at radius 3 is 2.50 bits per heavy atom. The first kappa shape index (κ1) is 24.2. The topological polar surface area (TPSA) is 96.3 Å². The molecule has 0 radical (unpaired) electrons. The van der Waals surface area contributed by atoms with Gasteiger partial charge in [-0.15, -0.1) is 0 Å². The Bertz CT molecular complexity index is 1330. The Kier molecular flexibility index (Phi) is 7.13. The third-order valence-corrected chi connectivity index (χ3v) is 7.23. The fourth-order valence-electron chi connectivity index (χ4n) is 5.33. The van der Waals surface area contributed by atoms with Crippen molar-refractivity contribution >= 4 is 28.4 Å². The molecule has 3 aromatic rings. The maximum atomic E-state index is 13.5. The summed E-state index contributed by atoms with van der Waals surface area (Å²) in [4.78, 5) is 44.7. The van der Waals surface area contributed by atoms with Crippen LogP contribution in [0.25, 0.3) is 10.9 Å². The van der Waals surface area contributed by atoms with Crippen LogP contribution in [-0.4, -0.2) is 45.9 Å². The van der Waals surface area contributed by atoms with E-state index in [0.717, 1.165) is 13.0 Å². The third kappa shape index (κ3) is 5.18. The van der Waals surface area contributed by atoms with Crippen molar-refractivity contribution in [3.8, 4) is 0 Å². The molecule has 188 valence electrons. The summed E-state index contributed by atoms with van der Waals surface area (Å²) in [6, 6.07) is 13.6. The molecule has 2 aliphatic heterocycles. The zero-order chi connectivity index (χ0) is 25.1. The molecule has 2 amide bonds. The zero-order valence-corrected chi connectivity index (χ0v) is 20.8. The Morgan fingerprint density at radius 1 is 1.00 bits per heavy atom. The van der Waals surface area contributed by atoms with Gasteiger partial charge in [0.25, 0.3) is 5.56 Å². The van der Waals surface area contributed by atoms with Gasteiger partial charge < -0.3 is 5.32 Å². The summed E-state index contributed by atoms with van der Waals surface area (Å²) in [5.74, 6) is -0.298. The SMILES string of the molecule is Cc1nc2cccc(NCCc3ccc(CN4CCCCC4)cc3)c2c(=O)n1C1CCC(=O)NC1=O. The van der Waals surface area contributed by atoms with E-state index in [2.05, 4.69) is 44.8 Å². The van der Waals surface area contributed by atoms with Crippen LogP contribution in [0.5, 0.6) is 0 Å². The lowest BCUT2D eigenvalue weighted by atomic mass is 10.0. The van der Waals surface area contributed by atoms with Gasteiger partial charge in [0.1, 0.15) is 11.9 Å². The molecule has 1 aromatic heterocycles. The first-order valence-electron chi connectivity index (χ1n) is 12.9. The van der Waals surface area contributed by atoms with Crippen LogP contribution in [0.15, 0.2) is 47.3 Å². The molecule has 8 heteroatoms. The smallest absolute Gasteiger partial charge is 0.264 e. The van der Waals surface area contributed by atoms with Crippen molar-refractivity contribution in [2.45, 2.75) is 58.0 Å². The van der Waals surface area contributed by atoms with Crippen molar-refractivity contribution in [3.05, 3.63) is 69.8 Å². The van der Waals surface area contributed by atoms with Gasteiger partial charge in [-0.25, -0.2) is 4.98 Å². The predicted octanol–water partition coefficient (Wildman–Crippen LogP) is 3.32. The van der Waals surface area contributed by atoms with Crippen LogP contribution < -0.4 is 16.2 Å². The fraction of sp³-hybridized carbons (Fsp3) is 0.429. The Balaban J connectivity index is 1.29. The van der Waals surface area contributed by atoms with Gasteiger partial charge >= 0.3 is 0 Å². The second kappa shape index (κ2) is 10.6. The molecule has 1 unspecified atom stereocenters. The largest absolute Gasteiger partial charge is 0.384 e. The van der Waals surface area contributed by atoms with Crippen LogP contribution >= 0.6 is 0 Å². The van der Waals surface area contributed by atoms with Gasteiger partial charge in [0.15, 0.2) is 0 Å². The average Bonchev–Trinajstić information content (AvgIpc) is 2.87. The van der Waals surface area contributed by atoms with E-state index in [0.29, 0.717) is 35.4 Å². The summed E-state index contributed by atoms with van der Waals surface area (Å²) in [7, 11) is 0. The maximum Gasteiger partial charge on any atom is 0.264 e. The third-order valence-electron chi connectivity index (χ3n) is 7.23. The molecule has 2 saturated heterocycles. The van der Waals surface area contributed by atoms with E-state index in [1.165, 1.54) is 48.0 Å². The van der Waals surface area contributed by atoms with Crippen molar-refractivity contribution < 1.29 is 9.59 Å². The first-order valence-corrected chi connectivity index (χ1v) is 12.9. The van der Waals surface area contributed by atoms with Crippen molar-refractivity contribution in [1.82, 2.24) is 19.8 Å². The van der Waals surface area contributed by atoms with Gasteiger partial charge in [0.2, 0.25) is 11.8 Å². The van der Waals surface area contributed by atoms with E-state index < -0.39 is 11.9 Å². The lowest BCUT2D eigenvalue weighted by Crippen LogP contribution is -2.45.